The molecule has 0 spiro atoms. The Hall–Kier alpha value is -4.47. The Kier molecular flexibility index (Phi) is 11.6. The van der Waals surface area contributed by atoms with Crippen LogP contribution in [0, 0.1) is 17.6 Å². The average Bonchev–Trinajstić information content (AvgIpc) is 2.93. The summed E-state index contributed by atoms with van der Waals surface area (Å²) in [4.78, 5) is 39.2. The number of esters is 1. The lowest BCUT2D eigenvalue weighted by molar-refractivity contribution is -0.158. The van der Waals surface area contributed by atoms with Gasteiger partial charge in [-0.1, -0.05) is 56.3 Å². The second-order valence-corrected chi connectivity index (χ2v) is 11.6. The number of hydrogen-bond acceptors (Lipinski definition) is 5. The van der Waals surface area contributed by atoms with Crippen molar-refractivity contribution in [3.8, 4) is 5.75 Å². The van der Waals surface area contributed by atoms with E-state index < -0.39 is 47.2 Å². The zero-order valence-corrected chi connectivity index (χ0v) is 25.1. The Morgan fingerprint density at radius 1 is 0.837 bits per heavy atom. The van der Waals surface area contributed by atoms with Gasteiger partial charge < -0.3 is 25.4 Å². The minimum absolute atomic E-state index is 0.0120. The van der Waals surface area contributed by atoms with Gasteiger partial charge in [0.2, 0.25) is 5.91 Å². The number of urea groups is 1. The number of nitrogens with one attached hydrogen (secondary N) is 3. The van der Waals surface area contributed by atoms with Crippen molar-refractivity contribution < 1.29 is 32.6 Å². The minimum Gasteiger partial charge on any atom is -0.489 e. The molecule has 0 aliphatic heterocycles. The van der Waals surface area contributed by atoms with Gasteiger partial charge in [-0.15, -0.1) is 0 Å². The normalized spacial score (nSPS) is 12.7. The minimum atomic E-state index is -1.06. The topological polar surface area (TPSA) is 106 Å². The zero-order chi connectivity index (χ0) is 31.6. The molecule has 0 aliphatic carbocycles. The van der Waals surface area contributed by atoms with Crippen LogP contribution in [0.3, 0.4) is 0 Å². The Balaban J connectivity index is 1.71. The largest absolute Gasteiger partial charge is 0.489 e. The lowest BCUT2D eigenvalue weighted by atomic mass is 10.0. The molecule has 0 radical (unpaired) electrons. The zero-order valence-electron chi connectivity index (χ0n) is 25.1. The maximum absolute atomic E-state index is 14.0. The molecule has 0 saturated heterocycles. The van der Waals surface area contributed by atoms with Gasteiger partial charge in [0.1, 0.15) is 41.7 Å². The van der Waals surface area contributed by atoms with Gasteiger partial charge in [-0.25, -0.2) is 18.4 Å². The average molecular weight is 596 g/mol. The lowest BCUT2D eigenvalue weighted by Gasteiger charge is -2.27. The maximum Gasteiger partial charge on any atom is 0.329 e. The van der Waals surface area contributed by atoms with Crippen LogP contribution in [0.5, 0.6) is 5.75 Å². The summed E-state index contributed by atoms with van der Waals surface area (Å²) in [6.07, 6.45) is 0.362. The molecule has 3 aromatic rings. The van der Waals surface area contributed by atoms with Crippen LogP contribution in [0.15, 0.2) is 72.8 Å². The van der Waals surface area contributed by atoms with Crippen LogP contribution in [-0.4, -0.2) is 35.6 Å². The van der Waals surface area contributed by atoms with Crippen molar-refractivity contribution in [1.29, 1.82) is 0 Å². The predicted molar refractivity (Wildman–Crippen MR) is 160 cm³/mol. The first-order chi connectivity index (χ1) is 20.3. The van der Waals surface area contributed by atoms with Crippen LogP contribution in [0.2, 0.25) is 0 Å². The van der Waals surface area contributed by atoms with E-state index in [0.29, 0.717) is 18.4 Å². The summed E-state index contributed by atoms with van der Waals surface area (Å²) in [7, 11) is 0. The highest BCUT2D eigenvalue weighted by Crippen LogP contribution is 2.18. The lowest BCUT2D eigenvalue weighted by Crippen LogP contribution is -2.54. The van der Waals surface area contributed by atoms with E-state index >= 15 is 0 Å². The second-order valence-electron chi connectivity index (χ2n) is 11.6. The quantitative estimate of drug-likeness (QED) is 0.218. The first-order valence-electron chi connectivity index (χ1n) is 14.1. The van der Waals surface area contributed by atoms with E-state index in [0.717, 1.165) is 23.3 Å². The number of carbonyl (C=O) groups is 3. The molecule has 3 N–H and O–H groups in total. The Bertz CT molecular complexity index is 1380. The summed E-state index contributed by atoms with van der Waals surface area (Å²) in [5.41, 5.74) is 0.732. The van der Waals surface area contributed by atoms with E-state index in [2.05, 4.69) is 16.0 Å². The van der Waals surface area contributed by atoms with E-state index in [1.54, 1.807) is 45.0 Å². The molecule has 0 bridgehead atoms. The van der Waals surface area contributed by atoms with Gasteiger partial charge in [-0.3, -0.25) is 4.79 Å². The molecule has 43 heavy (non-hydrogen) atoms. The maximum atomic E-state index is 14.0. The van der Waals surface area contributed by atoms with Gasteiger partial charge in [0.25, 0.3) is 0 Å². The van der Waals surface area contributed by atoms with Crippen LogP contribution in [0.25, 0.3) is 0 Å². The summed E-state index contributed by atoms with van der Waals surface area (Å²) < 4.78 is 38.7. The Morgan fingerprint density at radius 2 is 1.51 bits per heavy atom. The molecule has 2 atom stereocenters. The van der Waals surface area contributed by atoms with Crippen molar-refractivity contribution in [3.63, 3.8) is 0 Å². The summed E-state index contributed by atoms with van der Waals surface area (Å²) in [5, 5.41) is 7.56. The predicted octanol–water partition coefficient (Wildman–Crippen LogP) is 6.15. The molecule has 0 fully saturated rings. The third-order valence-electron chi connectivity index (χ3n) is 6.13. The van der Waals surface area contributed by atoms with Crippen LogP contribution in [-0.2, 0) is 27.4 Å². The summed E-state index contributed by atoms with van der Waals surface area (Å²) in [6.45, 7) is 9.32. The number of amides is 3. The number of hydrogen-bond donors (Lipinski definition) is 3. The molecular weight excluding hydrogens is 556 g/mol. The molecule has 0 saturated carbocycles. The van der Waals surface area contributed by atoms with Crippen molar-refractivity contribution in [2.75, 3.05) is 5.32 Å². The molecule has 0 aromatic heterocycles. The number of anilines is 1. The van der Waals surface area contributed by atoms with Gasteiger partial charge in [-0.2, -0.15) is 0 Å². The molecule has 3 rings (SSSR count). The smallest absolute Gasteiger partial charge is 0.329 e. The SMILES string of the molecule is CC(C)CC(NC(=O)Nc1ccc(F)cc1F)C(=O)NC(Cc1ccc(OCc2ccccc2)cc1)C(=O)OC(C)(C)C. The van der Waals surface area contributed by atoms with E-state index in [1.165, 1.54) is 0 Å². The fourth-order valence-electron chi connectivity index (χ4n) is 4.15. The molecule has 8 nitrogen and oxygen atoms in total. The molecule has 0 aliphatic rings. The van der Waals surface area contributed by atoms with Crippen LogP contribution < -0.4 is 20.7 Å². The molecule has 2 unspecified atom stereocenters. The van der Waals surface area contributed by atoms with Crippen molar-refractivity contribution in [1.82, 2.24) is 10.6 Å². The fourth-order valence-corrected chi connectivity index (χ4v) is 4.15. The van der Waals surface area contributed by atoms with Crippen LogP contribution >= 0.6 is 0 Å². The van der Waals surface area contributed by atoms with E-state index in [9.17, 15) is 23.2 Å². The standard InChI is InChI=1S/C33H39F2N3O5/c1-21(2)17-28(38-32(41)37-27-16-13-24(34)19-26(27)35)30(39)36-29(31(40)43-33(3,4)5)18-22-11-14-25(15-12-22)42-20-23-9-7-6-8-10-23/h6-16,19,21,28-29H,17-18,20H2,1-5H3,(H,36,39)(H2,37,38,41). The van der Waals surface area contributed by atoms with Gasteiger partial charge in [-0.05, 0) is 68.5 Å². The van der Waals surface area contributed by atoms with Gasteiger partial charge in [0.15, 0.2) is 0 Å². The molecule has 3 aromatic carbocycles. The van der Waals surface area contributed by atoms with Crippen molar-refractivity contribution in [2.45, 2.75) is 71.8 Å². The highest BCUT2D eigenvalue weighted by Gasteiger charge is 2.31. The number of ether oxygens (including phenoxy) is 2. The summed E-state index contributed by atoms with van der Waals surface area (Å²) in [5.74, 6) is -2.35. The fraction of sp³-hybridized carbons (Fsp3) is 0.364. The van der Waals surface area contributed by atoms with Crippen LogP contribution in [0.1, 0.15) is 52.2 Å². The molecule has 3 amide bonds. The monoisotopic (exact) mass is 595 g/mol. The van der Waals surface area contributed by atoms with Crippen molar-refractivity contribution in [3.05, 3.63) is 95.6 Å². The third kappa shape index (κ3) is 11.4. The molecule has 10 heteroatoms. The van der Waals surface area contributed by atoms with E-state index in [4.69, 9.17) is 9.47 Å². The summed E-state index contributed by atoms with van der Waals surface area (Å²) >= 11 is 0. The van der Waals surface area contributed by atoms with E-state index in [-0.39, 0.29) is 24.4 Å². The van der Waals surface area contributed by atoms with Crippen molar-refractivity contribution >= 4 is 23.6 Å². The van der Waals surface area contributed by atoms with Crippen molar-refractivity contribution in [2.24, 2.45) is 5.92 Å². The molecule has 230 valence electrons. The number of halogens is 2. The number of rotatable bonds is 12. The molecule has 0 heterocycles. The Morgan fingerprint density at radius 3 is 2.12 bits per heavy atom. The number of carbonyl (C=O) groups excluding carboxylic acids is 3. The first kappa shape index (κ1) is 33.0. The highest BCUT2D eigenvalue weighted by molar-refractivity contribution is 5.95. The van der Waals surface area contributed by atoms with Crippen LogP contribution in [0.4, 0.5) is 19.3 Å². The van der Waals surface area contributed by atoms with Gasteiger partial charge in [0.05, 0.1) is 5.69 Å². The summed E-state index contributed by atoms with van der Waals surface area (Å²) in [6, 6.07) is 16.7. The number of benzene rings is 3. The second kappa shape index (κ2) is 15.1. The first-order valence-corrected chi connectivity index (χ1v) is 14.1. The Labute approximate surface area is 251 Å². The van der Waals surface area contributed by atoms with Gasteiger partial charge in [0, 0.05) is 12.5 Å². The third-order valence-corrected chi connectivity index (χ3v) is 6.13. The highest BCUT2D eigenvalue weighted by atomic mass is 19.1. The van der Waals surface area contributed by atoms with E-state index in [1.807, 2.05) is 44.2 Å². The molecular formula is C33H39F2N3O5. The van der Waals surface area contributed by atoms with Gasteiger partial charge >= 0.3 is 12.0 Å².